The van der Waals surface area contributed by atoms with Gasteiger partial charge in [-0.1, -0.05) is 5.16 Å². The second-order valence-corrected chi connectivity index (χ2v) is 10.8. The maximum absolute atomic E-state index is 13.3. The number of fused-ring (bicyclic) bond motifs is 1. The van der Waals surface area contributed by atoms with Crippen molar-refractivity contribution in [1.82, 2.24) is 15.6 Å². The Morgan fingerprint density at radius 3 is 2.59 bits per heavy atom. The molecular weight excluding hydrogens is 506 g/mol. The molecule has 1 saturated heterocycles. The molecule has 5 rings (SSSR count). The Bertz CT molecular complexity index is 1370. The molecule has 0 bridgehead atoms. The molecule has 13 heteroatoms. The maximum Gasteiger partial charge on any atom is 0.265 e. The topological polar surface area (TPSA) is 159 Å². The van der Waals surface area contributed by atoms with Gasteiger partial charge in [-0.05, 0) is 61.7 Å². The molecule has 12 nitrogen and oxygen atoms in total. The number of rotatable bonds is 9. The van der Waals surface area contributed by atoms with Crippen molar-refractivity contribution < 1.29 is 41.9 Å². The Kier molecular flexibility index (Phi) is 7.00. The van der Waals surface area contributed by atoms with E-state index in [9.17, 15) is 13.2 Å². The molecule has 196 valence electrons. The number of aromatic nitrogens is 2. The van der Waals surface area contributed by atoms with Gasteiger partial charge < -0.3 is 23.5 Å². The molecule has 2 aromatic carbocycles. The number of aryl methyl sites for hydroxylation is 1. The van der Waals surface area contributed by atoms with E-state index in [2.05, 4.69) is 10.1 Å². The molecule has 37 heavy (non-hydrogen) atoms. The monoisotopic (exact) mass is 531 g/mol. The highest BCUT2D eigenvalue weighted by atomic mass is 32.2. The number of sulfone groups is 1. The minimum Gasteiger partial charge on any atom is -0.494 e. The summed E-state index contributed by atoms with van der Waals surface area (Å²) in [5, 5.41) is 13.2. The molecule has 0 saturated carbocycles. The van der Waals surface area contributed by atoms with Crippen LogP contribution >= 0.6 is 0 Å². The number of carbonyl (C=O) groups is 1. The highest BCUT2D eigenvalue weighted by Gasteiger charge is 2.52. The minimum absolute atomic E-state index is 0.0349. The molecule has 2 aliphatic rings. The SMILES string of the molecule is O=C(NO)C1(S(=O)(=O)c2ccc(OCCCc3nc(-c4ccc5c(c4)OCO5)no3)cc2)CCOCC1. The number of hydrogen-bond acceptors (Lipinski definition) is 11. The summed E-state index contributed by atoms with van der Waals surface area (Å²) in [7, 11) is -4.09. The summed E-state index contributed by atoms with van der Waals surface area (Å²) in [5.41, 5.74) is 2.26. The Morgan fingerprint density at radius 2 is 1.84 bits per heavy atom. The van der Waals surface area contributed by atoms with E-state index in [0.717, 1.165) is 5.56 Å². The molecule has 3 heterocycles. The summed E-state index contributed by atoms with van der Waals surface area (Å²) < 4.78 is 51.8. The first-order valence-corrected chi connectivity index (χ1v) is 13.1. The van der Waals surface area contributed by atoms with Crippen LogP contribution < -0.4 is 19.7 Å². The van der Waals surface area contributed by atoms with E-state index in [1.165, 1.54) is 29.7 Å². The summed E-state index contributed by atoms with van der Waals surface area (Å²) in [5.74, 6) is 1.73. The fraction of sp³-hybridized carbons (Fsp3) is 0.375. The van der Waals surface area contributed by atoms with Crippen LogP contribution in [0.2, 0.25) is 0 Å². The summed E-state index contributed by atoms with van der Waals surface area (Å²) in [6.07, 6.45) is 0.978. The van der Waals surface area contributed by atoms with Gasteiger partial charge in [0.1, 0.15) is 5.75 Å². The molecule has 0 radical (unpaired) electrons. The van der Waals surface area contributed by atoms with Crippen LogP contribution in [0, 0.1) is 0 Å². The van der Waals surface area contributed by atoms with Crippen molar-refractivity contribution in [3.8, 4) is 28.6 Å². The molecule has 2 aliphatic heterocycles. The zero-order valence-electron chi connectivity index (χ0n) is 19.7. The van der Waals surface area contributed by atoms with Gasteiger partial charge in [0.25, 0.3) is 5.91 Å². The van der Waals surface area contributed by atoms with Gasteiger partial charge in [-0.3, -0.25) is 10.0 Å². The van der Waals surface area contributed by atoms with E-state index in [1.807, 2.05) is 6.07 Å². The fourth-order valence-corrected chi connectivity index (χ4v) is 6.22. The summed E-state index contributed by atoms with van der Waals surface area (Å²) >= 11 is 0. The molecule has 1 amide bonds. The molecule has 3 aromatic rings. The maximum atomic E-state index is 13.3. The van der Waals surface area contributed by atoms with Crippen LogP contribution in [-0.2, 0) is 25.8 Å². The molecule has 2 N–H and O–H groups in total. The third kappa shape index (κ3) is 4.84. The van der Waals surface area contributed by atoms with Gasteiger partial charge in [-0.15, -0.1) is 0 Å². The van der Waals surface area contributed by atoms with Crippen LogP contribution in [0.15, 0.2) is 51.9 Å². The second-order valence-electron chi connectivity index (χ2n) is 8.55. The van der Waals surface area contributed by atoms with Crippen molar-refractivity contribution in [3.05, 3.63) is 48.4 Å². The van der Waals surface area contributed by atoms with Crippen LogP contribution in [0.4, 0.5) is 0 Å². The summed E-state index contributed by atoms with van der Waals surface area (Å²) in [6, 6.07) is 11.3. The van der Waals surface area contributed by atoms with Crippen LogP contribution in [0.25, 0.3) is 11.4 Å². The first-order chi connectivity index (χ1) is 17.9. The van der Waals surface area contributed by atoms with E-state index in [1.54, 1.807) is 12.1 Å². The number of nitrogens with zero attached hydrogens (tertiary/aromatic N) is 2. The summed E-state index contributed by atoms with van der Waals surface area (Å²) in [6.45, 7) is 0.728. The largest absolute Gasteiger partial charge is 0.494 e. The molecule has 0 spiro atoms. The first kappa shape index (κ1) is 25.0. The number of benzene rings is 2. The van der Waals surface area contributed by atoms with Crippen molar-refractivity contribution in [1.29, 1.82) is 0 Å². The number of nitrogens with one attached hydrogen (secondary N) is 1. The van der Waals surface area contributed by atoms with Crippen LogP contribution in [-0.4, -0.2) is 61.0 Å². The molecule has 1 fully saturated rings. The van der Waals surface area contributed by atoms with Crippen molar-refractivity contribution in [2.45, 2.75) is 35.3 Å². The number of amides is 1. The zero-order valence-corrected chi connectivity index (χ0v) is 20.5. The molecule has 0 unspecified atom stereocenters. The van der Waals surface area contributed by atoms with E-state index in [-0.39, 0.29) is 37.7 Å². The van der Waals surface area contributed by atoms with Gasteiger partial charge >= 0.3 is 0 Å². The number of hydrogen-bond donors (Lipinski definition) is 2. The fourth-order valence-electron chi connectivity index (χ4n) is 4.28. The molecule has 1 aromatic heterocycles. The highest BCUT2D eigenvalue weighted by molar-refractivity contribution is 7.93. The van der Waals surface area contributed by atoms with Gasteiger partial charge in [0.05, 0.1) is 11.5 Å². The number of ether oxygens (including phenoxy) is 4. The van der Waals surface area contributed by atoms with Gasteiger partial charge in [0.2, 0.25) is 18.5 Å². The highest BCUT2D eigenvalue weighted by Crippen LogP contribution is 2.36. The molecule has 0 atom stereocenters. The number of hydroxylamine groups is 1. The van der Waals surface area contributed by atoms with Gasteiger partial charge in [0, 0.05) is 25.2 Å². The van der Waals surface area contributed by atoms with Crippen LogP contribution in [0.1, 0.15) is 25.2 Å². The Balaban J connectivity index is 1.16. The van der Waals surface area contributed by atoms with Crippen molar-refractivity contribution in [2.75, 3.05) is 26.6 Å². The predicted octanol–water partition coefficient (Wildman–Crippen LogP) is 2.31. The molecule has 0 aliphatic carbocycles. The predicted molar refractivity (Wildman–Crippen MR) is 126 cm³/mol. The standard InChI is InChI=1S/C24H25N3O9S/c28-23(26-29)24(9-12-32-13-10-24)37(30,31)18-6-4-17(5-7-18)33-11-1-2-21-25-22(27-36-21)16-3-8-19-20(14-16)35-15-34-19/h3-8,14,29H,1-2,9-13,15H2,(H,26,28). The first-order valence-electron chi connectivity index (χ1n) is 11.7. The van der Waals surface area contributed by atoms with E-state index >= 15 is 0 Å². The lowest BCUT2D eigenvalue weighted by molar-refractivity contribution is -0.134. The Labute approximate surface area is 212 Å². The average molecular weight is 532 g/mol. The quantitative estimate of drug-likeness (QED) is 0.237. The third-order valence-corrected chi connectivity index (χ3v) is 8.88. The zero-order chi connectivity index (χ0) is 25.9. The molecular formula is C24H25N3O9S. The van der Waals surface area contributed by atoms with E-state index in [4.69, 9.17) is 28.7 Å². The number of carbonyl (C=O) groups excluding carboxylic acids is 1. The Morgan fingerprint density at radius 1 is 1.08 bits per heavy atom. The minimum atomic E-state index is -4.09. The van der Waals surface area contributed by atoms with Gasteiger partial charge in [-0.2, -0.15) is 4.98 Å². The van der Waals surface area contributed by atoms with Crippen LogP contribution in [0.3, 0.4) is 0 Å². The lowest BCUT2D eigenvalue weighted by atomic mass is 9.98. The van der Waals surface area contributed by atoms with Gasteiger partial charge in [-0.25, -0.2) is 13.9 Å². The Hall–Kier alpha value is -3.68. The lowest BCUT2D eigenvalue weighted by Crippen LogP contribution is -2.54. The normalized spacial score (nSPS) is 16.4. The average Bonchev–Trinajstić information content (AvgIpc) is 3.60. The smallest absolute Gasteiger partial charge is 0.265 e. The third-order valence-electron chi connectivity index (χ3n) is 6.37. The van der Waals surface area contributed by atoms with Crippen molar-refractivity contribution >= 4 is 15.7 Å². The van der Waals surface area contributed by atoms with Crippen LogP contribution in [0.5, 0.6) is 17.2 Å². The van der Waals surface area contributed by atoms with Crippen molar-refractivity contribution in [2.24, 2.45) is 0 Å². The van der Waals surface area contributed by atoms with E-state index in [0.29, 0.717) is 48.4 Å². The summed E-state index contributed by atoms with van der Waals surface area (Å²) in [4.78, 5) is 16.7. The lowest BCUT2D eigenvalue weighted by Gasteiger charge is -2.34. The van der Waals surface area contributed by atoms with Gasteiger partial charge in [0.15, 0.2) is 26.1 Å². The van der Waals surface area contributed by atoms with E-state index < -0.39 is 20.5 Å². The second kappa shape index (κ2) is 10.4. The van der Waals surface area contributed by atoms with Crippen molar-refractivity contribution in [3.63, 3.8) is 0 Å².